The lowest BCUT2D eigenvalue weighted by Crippen LogP contribution is -2.46. The summed E-state index contributed by atoms with van der Waals surface area (Å²) in [4.78, 5) is 20.8. The molecule has 6 heteroatoms. The van der Waals surface area contributed by atoms with E-state index in [0.717, 1.165) is 25.9 Å². The van der Waals surface area contributed by atoms with Gasteiger partial charge in [0.1, 0.15) is 0 Å². The molecule has 2 aliphatic heterocycles. The van der Waals surface area contributed by atoms with Gasteiger partial charge in [-0.25, -0.2) is 0 Å². The van der Waals surface area contributed by atoms with Gasteiger partial charge in [0.05, 0.1) is 10.0 Å². The summed E-state index contributed by atoms with van der Waals surface area (Å²) in [5.74, 6) is 0.600. The highest BCUT2D eigenvalue weighted by Crippen LogP contribution is 2.34. The van der Waals surface area contributed by atoms with Gasteiger partial charge < -0.3 is 14.8 Å². The van der Waals surface area contributed by atoms with E-state index in [0.29, 0.717) is 27.6 Å². The molecule has 0 spiro atoms. The molecule has 3 heterocycles. The van der Waals surface area contributed by atoms with Gasteiger partial charge in [0, 0.05) is 54.1 Å². The van der Waals surface area contributed by atoms with Gasteiger partial charge in [-0.05, 0) is 74.5 Å². The summed E-state index contributed by atoms with van der Waals surface area (Å²) in [6.07, 6.45) is 10.5. The van der Waals surface area contributed by atoms with E-state index < -0.39 is 0 Å². The first-order valence-corrected chi connectivity index (χ1v) is 12.6. The number of ketones is 1. The van der Waals surface area contributed by atoms with Crippen molar-refractivity contribution in [1.82, 2.24) is 14.8 Å². The predicted octanol–water partition coefficient (Wildman–Crippen LogP) is 6.52. The molecule has 2 aromatic carbocycles. The Bertz CT molecular complexity index is 1160. The fourth-order valence-electron chi connectivity index (χ4n) is 5.33. The summed E-state index contributed by atoms with van der Waals surface area (Å²) in [5, 5.41) is 2.25. The van der Waals surface area contributed by atoms with E-state index in [2.05, 4.69) is 45.2 Å². The minimum atomic E-state index is -0.0463. The van der Waals surface area contributed by atoms with Crippen molar-refractivity contribution in [3.63, 3.8) is 0 Å². The zero-order valence-corrected chi connectivity index (χ0v) is 20.2. The van der Waals surface area contributed by atoms with Crippen molar-refractivity contribution in [2.24, 2.45) is 0 Å². The molecule has 172 valence electrons. The molecule has 2 aliphatic rings. The van der Waals surface area contributed by atoms with Gasteiger partial charge in [0.2, 0.25) is 0 Å². The number of fused-ring (bicyclic) bond motifs is 1. The van der Waals surface area contributed by atoms with Crippen LogP contribution in [0.5, 0.6) is 0 Å². The summed E-state index contributed by atoms with van der Waals surface area (Å²) in [6.45, 7) is 4.30. The van der Waals surface area contributed by atoms with Crippen LogP contribution in [0.4, 0.5) is 0 Å². The number of halogens is 2. The zero-order valence-electron chi connectivity index (χ0n) is 18.6. The van der Waals surface area contributed by atoms with Gasteiger partial charge in [-0.15, -0.1) is 0 Å². The van der Waals surface area contributed by atoms with Crippen LogP contribution in [0.2, 0.25) is 10.0 Å². The summed E-state index contributed by atoms with van der Waals surface area (Å²) in [7, 11) is 0. The number of rotatable bonds is 5. The molecule has 0 amide bonds. The van der Waals surface area contributed by atoms with Gasteiger partial charge in [0.25, 0.3) is 0 Å². The Hall–Kier alpha value is -2.27. The highest BCUT2D eigenvalue weighted by Gasteiger charge is 2.29. The fourth-order valence-corrected chi connectivity index (χ4v) is 5.62. The fraction of sp³-hybridized carbons (Fsp3) is 0.370. The van der Waals surface area contributed by atoms with Crippen molar-refractivity contribution in [2.45, 2.75) is 37.6 Å². The summed E-state index contributed by atoms with van der Waals surface area (Å²) >= 11 is 12.0. The molecule has 1 N–H and O–H groups in total. The van der Waals surface area contributed by atoms with Crippen molar-refractivity contribution in [3.8, 4) is 0 Å². The van der Waals surface area contributed by atoms with Gasteiger partial charge in [-0.2, -0.15) is 0 Å². The van der Waals surface area contributed by atoms with Crippen LogP contribution in [-0.4, -0.2) is 52.8 Å². The normalized spacial score (nSPS) is 19.0. The number of nitrogens with zero attached hydrogens (tertiary/aromatic N) is 2. The largest absolute Gasteiger partial charge is 0.377 e. The molecule has 4 nitrogen and oxygen atoms in total. The lowest BCUT2D eigenvalue weighted by molar-refractivity contribution is 0.101. The molecular weight excluding hydrogens is 453 g/mol. The first kappa shape index (κ1) is 22.5. The van der Waals surface area contributed by atoms with Gasteiger partial charge in [0.15, 0.2) is 5.78 Å². The number of aromatic amines is 1. The van der Waals surface area contributed by atoms with Crippen LogP contribution in [-0.2, 0) is 0 Å². The second-order valence-electron chi connectivity index (χ2n) is 9.18. The van der Waals surface area contributed by atoms with E-state index in [1.807, 2.05) is 6.20 Å². The number of hydrogen-bond acceptors (Lipinski definition) is 3. The molecule has 0 bridgehead atoms. The quantitative estimate of drug-likeness (QED) is 0.333. The number of aromatic nitrogens is 1. The first-order valence-electron chi connectivity index (χ1n) is 11.8. The number of para-hydroxylation sites is 1. The number of carbonyl (C=O) groups is 1. The van der Waals surface area contributed by atoms with Crippen LogP contribution >= 0.6 is 23.2 Å². The second kappa shape index (κ2) is 9.92. The van der Waals surface area contributed by atoms with Crippen molar-refractivity contribution < 1.29 is 4.79 Å². The van der Waals surface area contributed by atoms with Gasteiger partial charge in [-0.3, -0.25) is 4.79 Å². The average molecular weight is 482 g/mol. The Labute approximate surface area is 205 Å². The SMILES string of the molecule is O=C(/C=C/N1CCC(N2CCC(c3c[nH]c4ccccc34)CC2)CC1)c1ccc(Cl)c(Cl)c1. The van der Waals surface area contributed by atoms with Crippen LogP contribution in [0.3, 0.4) is 0 Å². The number of nitrogens with one attached hydrogen (secondary N) is 1. The minimum Gasteiger partial charge on any atom is -0.377 e. The number of benzene rings is 2. The molecule has 0 saturated carbocycles. The van der Waals surface area contributed by atoms with Crippen LogP contribution in [0.15, 0.2) is 60.9 Å². The zero-order chi connectivity index (χ0) is 22.8. The van der Waals surface area contributed by atoms with E-state index in [1.54, 1.807) is 24.3 Å². The Kier molecular flexibility index (Phi) is 6.77. The third-order valence-corrected chi connectivity index (χ3v) is 7.99. The maximum Gasteiger partial charge on any atom is 0.187 e. The molecule has 0 unspecified atom stereocenters. The van der Waals surface area contributed by atoms with Crippen LogP contribution in [0.25, 0.3) is 10.9 Å². The standard InChI is InChI=1S/C27H29Cl2N3O/c28-24-6-5-20(17-25(24)29)27(33)11-14-31-12-9-21(10-13-31)32-15-7-19(8-16-32)23-18-30-26-4-2-1-3-22(23)26/h1-6,11,14,17-19,21,30H,7-10,12-13,15-16H2/b14-11+. The first-order chi connectivity index (χ1) is 16.1. The summed E-state index contributed by atoms with van der Waals surface area (Å²) in [5.41, 5.74) is 3.29. The Balaban J connectivity index is 1.11. The number of likely N-dealkylation sites (tertiary alicyclic amines) is 2. The molecule has 1 aromatic heterocycles. The smallest absolute Gasteiger partial charge is 0.187 e. The lowest BCUT2D eigenvalue weighted by atomic mass is 9.88. The number of carbonyl (C=O) groups excluding carboxylic acids is 1. The minimum absolute atomic E-state index is 0.0463. The Morgan fingerprint density at radius 2 is 1.70 bits per heavy atom. The van der Waals surface area contributed by atoms with Crippen LogP contribution in [0.1, 0.15) is 47.5 Å². The van der Waals surface area contributed by atoms with E-state index in [1.165, 1.54) is 42.4 Å². The van der Waals surface area contributed by atoms with Crippen molar-refractivity contribution >= 4 is 39.9 Å². The maximum atomic E-state index is 12.4. The van der Waals surface area contributed by atoms with Crippen molar-refractivity contribution in [2.75, 3.05) is 26.2 Å². The molecule has 3 aromatic rings. The topological polar surface area (TPSA) is 39.3 Å². The lowest BCUT2D eigenvalue weighted by Gasteiger charge is -2.41. The number of hydrogen-bond donors (Lipinski definition) is 1. The molecule has 0 radical (unpaired) electrons. The average Bonchev–Trinajstić information content (AvgIpc) is 3.29. The van der Waals surface area contributed by atoms with E-state index in [4.69, 9.17) is 23.2 Å². The molecule has 0 atom stereocenters. The van der Waals surface area contributed by atoms with E-state index in [9.17, 15) is 4.79 Å². The van der Waals surface area contributed by atoms with Gasteiger partial charge >= 0.3 is 0 Å². The van der Waals surface area contributed by atoms with Gasteiger partial charge in [-0.1, -0.05) is 41.4 Å². The Morgan fingerprint density at radius 3 is 2.45 bits per heavy atom. The highest BCUT2D eigenvalue weighted by atomic mass is 35.5. The molecule has 0 aliphatic carbocycles. The van der Waals surface area contributed by atoms with Crippen LogP contribution < -0.4 is 0 Å². The summed E-state index contributed by atoms with van der Waals surface area (Å²) in [6, 6.07) is 14.3. The summed E-state index contributed by atoms with van der Waals surface area (Å²) < 4.78 is 0. The van der Waals surface area contributed by atoms with Crippen LogP contribution in [0, 0.1) is 0 Å². The second-order valence-corrected chi connectivity index (χ2v) is 9.99. The Morgan fingerprint density at radius 1 is 0.939 bits per heavy atom. The molecule has 5 rings (SSSR count). The molecular formula is C27H29Cl2N3O. The molecule has 2 saturated heterocycles. The third-order valence-electron chi connectivity index (χ3n) is 7.25. The number of H-pyrrole nitrogens is 1. The monoisotopic (exact) mass is 481 g/mol. The number of allylic oxidation sites excluding steroid dienone is 1. The predicted molar refractivity (Wildman–Crippen MR) is 136 cm³/mol. The highest BCUT2D eigenvalue weighted by molar-refractivity contribution is 6.42. The third kappa shape index (κ3) is 4.98. The molecule has 33 heavy (non-hydrogen) atoms. The van der Waals surface area contributed by atoms with E-state index >= 15 is 0 Å². The van der Waals surface area contributed by atoms with Crippen molar-refractivity contribution in [1.29, 1.82) is 0 Å². The number of piperidine rings is 2. The van der Waals surface area contributed by atoms with E-state index in [-0.39, 0.29) is 5.78 Å². The molecule has 2 fully saturated rings. The van der Waals surface area contributed by atoms with Crippen molar-refractivity contribution in [3.05, 3.63) is 82.1 Å². The maximum absolute atomic E-state index is 12.4.